The first-order chi connectivity index (χ1) is 11.7. The van der Waals surface area contributed by atoms with Crippen molar-refractivity contribution in [3.63, 3.8) is 0 Å². The summed E-state index contributed by atoms with van der Waals surface area (Å²) in [6.07, 6.45) is 7.56. The Bertz CT molecular complexity index is 791. The number of aromatic amines is 1. The zero-order chi connectivity index (χ0) is 16.1. The van der Waals surface area contributed by atoms with Crippen LogP contribution in [0.3, 0.4) is 0 Å². The van der Waals surface area contributed by atoms with E-state index < -0.39 is 0 Å². The molecular formula is C19H26N4O. The zero-order valence-corrected chi connectivity index (χ0v) is 14.1. The first kappa shape index (κ1) is 14.7. The lowest BCUT2D eigenvalue weighted by Crippen LogP contribution is -2.50. The van der Waals surface area contributed by atoms with Gasteiger partial charge in [0.15, 0.2) is 0 Å². The van der Waals surface area contributed by atoms with Crippen LogP contribution in [0, 0.1) is 0 Å². The number of nitrogens with zero attached hydrogens (tertiary/aromatic N) is 2. The van der Waals surface area contributed by atoms with E-state index in [1.54, 1.807) is 0 Å². The summed E-state index contributed by atoms with van der Waals surface area (Å²) in [4.78, 5) is 18.0. The lowest BCUT2D eigenvalue weighted by Gasteiger charge is -2.38. The molecule has 4 heterocycles. The molecule has 0 radical (unpaired) electrons. The highest BCUT2D eigenvalue weighted by Crippen LogP contribution is 2.38. The fourth-order valence-corrected chi connectivity index (χ4v) is 5.30. The van der Waals surface area contributed by atoms with E-state index in [2.05, 4.69) is 21.3 Å². The molecule has 5 heteroatoms. The highest BCUT2D eigenvalue weighted by atomic mass is 16.1. The van der Waals surface area contributed by atoms with E-state index in [9.17, 15) is 4.79 Å². The maximum absolute atomic E-state index is 12.4. The minimum Gasteiger partial charge on any atom is -0.307 e. The second-order valence-corrected chi connectivity index (χ2v) is 8.02. The third-order valence-electron chi connectivity index (χ3n) is 6.53. The molecule has 2 aromatic rings. The number of hydrogen-bond donors (Lipinski definition) is 2. The molecule has 2 N–H and O–H groups in total. The second-order valence-electron chi connectivity index (χ2n) is 8.02. The van der Waals surface area contributed by atoms with E-state index in [0.717, 1.165) is 43.0 Å². The van der Waals surface area contributed by atoms with Gasteiger partial charge in [0.05, 0.1) is 11.0 Å². The standard InChI is InChI=1S/C19H26N4O/c24-18-20-16-3-1-2-4-17(16)23(18)15-7-11-22(12-8-15)13-19-9-5-14(21-19)6-10-19/h1-4,14-15,21H,5-13H2,(H,20,24). The van der Waals surface area contributed by atoms with Gasteiger partial charge in [-0.1, -0.05) is 12.1 Å². The Morgan fingerprint density at radius 3 is 2.54 bits per heavy atom. The summed E-state index contributed by atoms with van der Waals surface area (Å²) in [5.74, 6) is 0. The number of rotatable bonds is 3. The van der Waals surface area contributed by atoms with E-state index in [1.807, 2.05) is 22.8 Å². The predicted molar refractivity (Wildman–Crippen MR) is 95.4 cm³/mol. The molecule has 0 amide bonds. The van der Waals surface area contributed by atoms with Gasteiger partial charge in [0.1, 0.15) is 0 Å². The smallest absolute Gasteiger partial charge is 0.307 e. The average molecular weight is 326 g/mol. The molecule has 5 nitrogen and oxygen atoms in total. The van der Waals surface area contributed by atoms with Gasteiger partial charge in [-0.3, -0.25) is 4.57 Å². The van der Waals surface area contributed by atoms with E-state index in [4.69, 9.17) is 0 Å². The molecular weight excluding hydrogens is 300 g/mol. The lowest BCUT2D eigenvalue weighted by molar-refractivity contribution is 0.143. The van der Waals surface area contributed by atoms with Crippen LogP contribution in [0.25, 0.3) is 11.0 Å². The van der Waals surface area contributed by atoms with Crippen molar-refractivity contribution >= 4 is 11.0 Å². The molecule has 1 aromatic carbocycles. The van der Waals surface area contributed by atoms with Crippen molar-refractivity contribution in [3.8, 4) is 0 Å². The minimum atomic E-state index is 0.0457. The fourth-order valence-electron chi connectivity index (χ4n) is 5.30. The molecule has 3 aliphatic heterocycles. The first-order valence-electron chi connectivity index (χ1n) is 9.42. The van der Waals surface area contributed by atoms with Crippen LogP contribution in [0.1, 0.15) is 44.6 Å². The summed E-state index contributed by atoms with van der Waals surface area (Å²) in [5.41, 5.74) is 2.45. The molecule has 0 saturated carbocycles. The van der Waals surface area contributed by atoms with Crippen LogP contribution in [0.4, 0.5) is 0 Å². The number of piperidine rings is 1. The Kier molecular flexibility index (Phi) is 3.35. The topological polar surface area (TPSA) is 53.1 Å². The summed E-state index contributed by atoms with van der Waals surface area (Å²) in [7, 11) is 0. The molecule has 128 valence electrons. The molecule has 0 spiro atoms. The van der Waals surface area contributed by atoms with Gasteiger partial charge in [-0.25, -0.2) is 4.79 Å². The Morgan fingerprint density at radius 1 is 1.08 bits per heavy atom. The van der Waals surface area contributed by atoms with Crippen molar-refractivity contribution in [1.82, 2.24) is 19.8 Å². The lowest BCUT2D eigenvalue weighted by atomic mass is 9.87. The number of H-pyrrole nitrogens is 1. The van der Waals surface area contributed by atoms with Gasteiger partial charge in [0, 0.05) is 37.3 Å². The molecule has 0 aliphatic carbocycles. The SMILES string of the molecule is O=c1[nH]c2ccccc2n1C1CCN(CC23CCC(CC2)N3)CC1. The highest BCUT2D eigenvalue weighted by molar-refractivity contribution is 5.75. The van der Waals surface area contributed by atoms with E-state index in [-0.39, 0.29) is 5.69 Å². The van der Waals surface area contributed by atoms with E-state index in [1.165, 1.54) is 32.2 Å². The fraction of sp³-hybridized carbons (Fsp3) is 0.632. The van der Waals surface area contributed by atoms with Crippen LogP contribution in [0.5, 0.6) is 0 Å². The molecule has 0 atom stereocenters. The maximum atomic E-state index is 12.4. The van der Waals surface area contributed by atoms with Crippen LogP contribution in [-0.2, 0) is 0 Å². The zero-order valence-electron chi connectivity index (χ0n) is 14.1. The second kappa shape index (κ2) is 5.46. The number of imidazole rings is 1. The van der Waals surface area contributed by atoms with Crippen molar-refractivity contribution < 1.29 is 0 Å². The molecule has 24 heavy (non-hydrogen) atoms. The molecule has 3 saturated heterocycles. The van der Waals surface area contributed by atoms with Gasteiger partial charge in [-0.05, 0) is 50.7 Å². The van der Waals surface area contributed by atoms with Crippen LogP contribution in [0.2, 0.25) is 0 Å². The molecule has 3 fully saturated rings. The van der Waals surface area contributed by atoms with Crippen molar-refractivity contribution in [2.75, 3.05) is 19.6 Å². The maximum Gasteiger partial charge on any atom is 0.326 e. The molecule has 1 aromatic heterocycles. The predicted octanol–water partition coefficient (Wildman–Crippen LogP) is 2.25. The molecule has 2 bridgehead atoms. The molecule has 5 rings (SSSR count). The quantitative estimate of drug-likeness (QED) is 0.910. The van der Waals surface area contributed by atoms with Crippen molar-refractivity contribution in [2.24, 2.45) is 0 Å². The van der Waals surface area contributed by atoms with Crippen molar-refractivity contribution in [3.05, 3.63) is 34.7 Å². The van der Waals surface area contributed by atoms with E-state index in [0.29, 0.717) is 11.6 Å². The molecule has 3 aliphatic rings. The number of aromatic nitrogens is 2. The number of para-hydroxylation sites is 2. The number of benzene rings is 1. The van der Waals surface area contributed by atoms with Crippen molar-refractivity contribution in [1.29, 1.82) is 0 Å². The summed E-state index contributed by atoms with van der Waals surface area (Å²) in [6.45, 7) is 3.40. The van der Waals surface area contributed by atoms with Gasteiger partial charge >= 0.3 is 5.69 Å². The van der Waals surface area contributed by atoms with Gasteiger partial charge < -0.3 is 15.2 Å². The van der Waals surface area contributed by atoms with Gasteiger partial charge in [0.25, 0.3) is 0 Å². The van der Waals surface area contributed by atoms with Crippen LogP contribution in [-0.4, -0.2) is 45.7 Å². The summed E-state index contributed by atoms with van der Waals surface area (Å²) in [5, 5.41) is 3.86. The third-order valence-corrected chi connectivity index (χ3v) is 6.53. The van der Waals surface area contributed by atoms with E-state index >= 15 is 0 Å². The number of nitrogens with one attached hydrogen (secondary N) is 2. The van der Waals surface area contributed by atoms with Crippen LogP contribution < -0.4 is 11.0 Å². The number of fused-ring (bicyclic) bond motifs is 3. The third kappa shape index (κ3) is 2.33. The molecule has 0 unspecified atom stereocenters. The number of likely N-dealkylation sites (tertiary alicyclic amines) is 1. The normalized spacial score (nSPS) is 31.2. The Labute approximate surface area is 142 Å². The summed E-state index contributed by atoms with van der Waals surface area (Å²) < 4.78 is 1.99. The summed E-state index contributed by atoms with van der Waals surface area (Å²) in [6, 6.07) is 9.16. The average Bonchev–Trinajstić information content (AvgIpc) is 3.27. The van der Waals surface area contributed by atoms with Crippen LogP contribution in [0.15, 0.2) is 29.1 Å². The van der Waals surface area contributed by atoms with Crippen LogP contribution >= 0.6 is 0 Å². The number of hydrogen-bond acceptors (Lipinski definition) is 3. The highest BCUT2D eigenvalue weighted by Gasteiger charge is 2.45. The van der Waals surface area contributed by atoms with Gasteiger partial charge in [0.2, 0.25) is 0 Å². The first-order valence-corrected chi connectivity index (χ1v) is 9.42. The monoisotopic (exact) mass is 326 g/mol. The Hall–Kier alpha value is -1.59. The van der Waals surface area contributed by atoms with Crippen molar-refractivity contribution in [2.45, 2.75) is 56.1 Å². The largest absolute Gasteiger partial charge is 0.326 e. The summed E-state index contributed by atoms with van der Waals surface area (Å²) >= 11 is 0. The van der Waals surface area contributed by atoms with Gasteiger partial charge in [-0.15, -0.1) is 0 Å². The van der Waals surface area contributed by atoms with Gasteiger partial charge in [-0.2, -0.15) is 0 Å². The minimum absolute atomic E-state index is 0.0457. The Morgan fingerprint density at radius 2 is 1.83 bits per heavy atom. The Balaban J connectivity index is 1.30.